The number of halogens is 1. The molecule has 0 aliphatic carbocycles. The predicted molar refractivity (Wildman–Crippen MR) is 161 cm³/mol. The van der Waals surface area contributed by atoms with Crippen LogP contribution >= 0.6 is 11.3 Å². The molecule has 3 aromatic rings. The van der Waals surface area contributed by atoms with Gasteiger partial charge in [-0.2, -0.15) is 5.26 Å². The number of hydrogen-bond donors (Lipinski definition) is 1. The van der Waals surface area contributed by atoms with Gasteiger partial charge in [0.15, 0.2) is 5.13 Å². The molecule has 218 valence electrons. The summed E-state index contributed by atoms with van der Waals surface area (Å²) in [6.07, 6.45) is 3.41. The first-order valence-corrected chi connectivity index (χ1v) is 14.9. The van der Waals surface area contributed by atoms with Crippen molar-refractivity contribution in [3.8, 4) is 17.3 Å². The lowest BCUT2D eigenvalue weighted by Gasteiger charge is -2.61. The van der Waals surface area contributed by atoms with Gasteiger partial charge in [0.1, 0.15) is 34.1 Å². The van der Waals surface area contributed by atoms with E-state index in [-0.39, 0.29) is 23.1 Å². The van der Waals surface area contributed by atoms with E-state index in [1.807, 2.05) is 29.8 Å². The van der Waals surface area contributed by atoms with Crippen molar-refractivity contribution in [2.75, 3.05) is 68.5 Å². The van der Waals surface area contributed by atoms with E-state index < -0.39 is 0 Å². The predicted octanol–water partition coefficient (Wildman–Crippen LogP) is 3.78. The minimum absolute atomic E-state index is 0.0956. The minimum atomic E-state index is -0.351. The Morgan fingerprint density at radius 1 is 1.26 bits per heavy atom. The van der Waals surface area contributed by atoms with E-state index in [0.29, 0.717) is 58.2 Å². The summed E-state index contributed by atoms with van der Waals surface area (Å²) in [7, 11) is 1.84. The van der Waals surface area contributed by atoms with Gasteiger partial charge in [-0.15, -0.1) is 0 Å². The molecule has 2 aromatic heterocycles. The maximum absolute atomic E-state index is 13.5. The van der Waals surface area contributed by atoms with Crippen LogP contribution in [0.3, 0.4) is 0 Å². The number of aliphatic imine (C=N–C) groups is 1. The van der Waals surface area contributed by atoms with Crippen LogP contribution in [0.1, 0.15) is 30.2 Å². The normalized spacial score (nSPS) is 18.4. The van der Waals surface area contributed by atoms with Crippen LogP contribution in [0.2, 0.25) is 0 Å². The quantitative estimate of drug-likeness (QED) is 0.341. The van der Waals surface area contributed by atoms with Crippen molar-refractivity contribution in [2.24, 2.45) is 16.3 Å². The van der Waals surface area contributed by atoms with Crippen molar-refractivity contribution in [2.45, 2.75) is 19.8 Å². The number of ether oxygens (including phenoxy) is 1. The van der Waals surface area contributed by atoms with Gasteiger partial charge in [0, 0.05) is 69.9 Å². The number of nitrogens with two attached hydrogens (primary N) is 1. The fraction of sp³-hybridized carbons (Fsp3) is 0.433. The first-order chi connectivity index (χ1) is 20.3. The number of amides is 1. The molecule has 0 bridgehead atoms. The Hall–Kier alpha value is -4.08. The van der Waals surface area contributed by atoms with E-state index in [1.54, 1.807) is 18.3 Å². The van der Waals surface area contributed by atoms with E-state index >= 15 is 0 Å². The number of hydrogen-bond acceptors (Lipinski definition) is 9. The number of rotatable bonds is 6. The highest BCUT2D eigenvalue weighted by atomic mass is 32.1. The number of carbonyl (C=O) groups is 1. The maximum atomic E-state index is 13.5. The molecule has 3 aliphatic heterocycles. The zero-order chi connectivity index (χ0) is 29.4. The highest BCUT2D eigenvalue weighted by molar-refractivity contribution is 7.16. The summed E-state index contributed by atoms with van der Waals surface area (Å²) < 4.78 is 18.9. The lowest BCUT2D eigenvalue weighted by molar-refractivity contribution is -0.152. The second-order valence-corrected chi connectivity index (χ2v) is 12.2. The molecule has 3 saturated heterocycles. The summed E-state index contributed by atoms with van der Waals surface area (Å²) in [4.78, 5) is 33.4. The third-order valence-electron chi connectivity index (χ3n) is 8.25. The molecule has 0 unspecified atom stereocenters. The topological polar surface area (TPSA) is 124 Å². The molecule has 2 N–H and O–H groups in total. The lowest BCUT2D eigenvalue weighted by atomic mass is 9.72. The summed E-state index contributed by atoms with van der Waals surface area (Å²) in [6.45, 7) is 7.09. The van der Waals surface area contributed by atoms with E-state index in [9.17, 15) is 14.4 Å². The molecule has 1 spiro atoms. The average molecular weight is 589 g/mol. The number of nitrogen functional groups attached to an aromatic ring is 1. The smallest absolute Gasteiger partial charge is 0.225 e. The van der Waals surface area contributed by atoms with Crippen molar-refractivity contribution in [3.05, 3.63) is 52.8 Å². The third kappa shape index (κ3) is 5.18. The van der Waals surface area contributed by atoms with Gasteiger partial charge in [-0.05, 0) is 50.1 Å². The van der Waals surface area contributed by atoms with Crippen LogP contribution in [-0.4, -0.2) is 79.6 Å². The number of thiazole rings is 1. The largest absolute Gasteiger partial charge is 0.383 e. The van der Waals surface area contributed by atoms with Crippen molar-refractivity contribution < 1.29 is 13.9 Å². The summed E-state index contributed by atoms with van der Waals surface area (Å²) in [5, 5.41) is 10.3. The molecule has 42 heavy (non-hydrogen) atoms. The minimum Gasteiger partial charge on any atom is -0.383 e. The number of anilines is 3. The first kappa shape index (κ1) is 28.1. The Bertz CT molecular complexity index is 1550. The second-order valence-electron chi connectivity index (χ2n) is 11.2. The third-order valence-corrected chi connectivity index (χ3v) is 9.28. The van der Waals surface area contributed by atoms with Crippen LogP contribution in [0, 0.1) is 28.5 Å². The Morgan fingerprint density at radius 3 is 2.64 bits per heavy atom. The molecule has 6 rings (SSSR count). The number of nitriles is 1. The number of nitrogens with zero attached hydrogens (tertiary/aromatic N) is 7. The standard InChI is InChI=1S/C30H33FN8O2S/c1-3-34-27(37(2)29-36-25(24(13-32)42-29)19-4-6-21(31)7-5-19)23-12-22(14-35-26(23)33)38-15-30(16-38)17-39(18-30)28(40)20-8-10-41-11-9-20/h4-7,12,14,20H,3,8-11,15-18H2,1-2H3,(H2,33,35). The molecule has 1 aromatic carbocycles. The number of aromatic nitrogens is 2. The number of benzene rings is 1. The lowest BCUT2D eigenvalue weighted by Crippen LogP contribution is -2.73. The zero-order valence-electron chi connectivity index (χ0n) is 23.7. The van der Waals surface area contributed by atoms with Gasteiger partial charge in [0.2, 0.25) is 5.91 Å². The summed E-state index contributed by atoms with van der Waals surface area (Å²) in [5.41, 5.74) is 9.29. The molecule has 0 saturated carbocycles. The van der Waals surface area contributed by atoms with Crippen LogP contribution in [-0.2, 0) is 9.53 Å². The molecule has 12 heteroatoms. The molecule has 5 heterocycles. The van der Waals surface area contributed by atoms with Gasteiger partial charge in [0.05, 0.1) is 17.4 Å². The van der Waals surface area contributed by atoms with Gasteiger partial charge >= 0.3 is 0 Å². The van der Waals surface area contributed by atoms with Crippen molar-refractivity contribution in [1.82, 2.24) is 14.9 Å². The summed E-state index contributed by atoms with van der Waals surface area (Å²) >= 11 is 1.24. The molecule has 0 radical (unpaired) electrons. The number of likely N-dealkylation sites (tertiary alicyclic amines) is 1. The maximum Gasteiger partial charge on any atom is 0.225 e. The second kappa shape index (κ2) is 11.3. The van der Waals surface area contributed by atoms with Crippen molar-refractivity contribution in [3.63, 3.8) is 0 Å². The number of carbonyl (C=O) groups excluding carboxylic acids is 1. The van der Waals surface area contributed by atoms with Crippen LogP contribution in [0.4, 0.5) is 21.0 Å². The Labute approximate surface area is 248 Å². The Balaban J connectivity index is 1.18. The number of amidine groups is 1. The zero-order valence-corrected chi connectivity index (χ0v) is 24.5. The van der Waals surface area contributed by atoms with Crippen LogP contribution in [0.15, 0.2) is 41.5 Å². The fourth-order valence-corrected chi connectivity index (χ4v) is 6.88. The fourth-order valence-electron chi connectivity index (χ4n) is 6.03. The van der Waals surface area contributed by atoms with Gasteiger partial charge in [-0.1, -0.05) is 11.3 Å². The van der Waals surface area contributed by atoms with E-state index in [4.69, 9.17) is 20.4 Å². The van der Waals surface area contributed by atoms with E-state index in [0.717, 1.165) is 44.7 Å². The van der Waals surface area contributed by atoms with Gasteiger partial charge in [0.25, 0.3) is 0 Å². The van der Waals surface area contributed by atoms with Gasteiger partial charge < -0.3 is 25.2 Å². The molecule has 10 nitrogen and oxygen atoms in total. The summed E-state index contributed by atoms with van der Waals surface area (Å²) in [5.74, 6) is 0.960. The van der Waals surface area contributed by atoms with Crippen LogP contribution < -0.4 is 15.5 Å². The molecule has 3 fully saturated rings. The van der Waals surface area contributed by atoms with Crippen molar-refractivity contribution >= 4 is 39.7 Å². The van der Waals surface area contributed by atoms with E-state index in [2.05, 4.69) is 16.0 Å². The highest BCUT2D eigenvalue weighted by Crippen LogP contribution is 2.43. The SMILES string of the molecule is CCN=C(c1cc(N2CC3(CN(C(=O)C4CCOCC4)C3)C2)cnc1N)N(C)c1nc(-c2ccc(F)cc2)c(C#N)s1. The van der Waals surface area contributed by atoms with Gasteiger partial charge in [-0.3, -0.25) is 9.79 Å². The first-order valence-electron chi connectivity index (χ1n) is 14.1. The van der Waals surface area contributed by atoms with Crippen LogP contribution in [0.25, 0.3) is 11.3 Å². The van der Waals surface area contributed by atoms with Gasteiger partial charge in [-0.25, -0.2) is 14.4 Å². The Kier molecular flexibility index (Phi) is 7.55. The Morgan fingerprint density at radius 2 is 1.98 bits per heavy atom. The monoisotopic (exact) mass is 588 g/mol. The average Bonchev–Trinajstić information content (AvgIpc) is 3.40. The van der Waals surface area contributed by atoms with Crippen LogP contribution in [0.5, 0.6) is 0 Å². The molecule has 1 amide bonds. The highest BCUT2D eigenvalue weighted by Gasteiger charge is 2.54. The molecule has 0 atom stereocenters. The summed E-state index contributed by atoms with van der Waals surface area (Å²) in [6, 6.07) is 10.2. The molecular formula is C30H33FN8O2S. The molecular weight excluding hydrogens is 555 g/mol. The number of pyridine rings is 1. The molecule has 3 aliphatic rings. The van der Waals surface area contributed by atoms with Crippen molar-refractivity contribution in [1.29, 1.82) is 5.26 Å². The van der Waals surface area contributed by atoms with E-state index in [1.165, 1.54) is 23.5 Å².